The van der Waals surface area contributed by atoms with Gasteiger partial charge in [-0.3, -0.25) is 9.59 Å². The van der Waals surface area contributed by atoms with Crippen LogP contribution < -0.4 is 10.1 Å². The number of aromatic nitrogens is 4. The number of methoxy groups -OCH3 is 1. The first-order valence-electron chi connectivity index (χ1n) is 9.72. The molecule has 4 rings (SSSR count). The van der Waals surface area contributed by atoms with Gasteiger partial charge in [0.05, 0.1) is 31.3 Å². The number of nitrogens with one attached hydrogen (secondary N) is 1. The average molecular weight is 432 g/mol. The zero-order valence-electron chi connectivity index (χ0n) is 17.2. The minimum absolute atomic E-state index is 0.125. The van der Waals surface area contributed by atoms with E-state index in [-0.39, 0.29) is 24.9 Å². The van der Waals surface area contributed by atoms with Crippen LogP contribution in [-0.2, 0) is 11.3 Å². The molecule has 2 heterocycles. The number of hydrogen-bond donors (Lipinski definition) is 1. The third-order valence-electron chi connectivity index (χ3n) is 4.64. The van der Waals surface area contributed by atoms with E-state index in [1.54, 1.807) is 60.7 Å². The van der Waals surface area contributed by atoms with Crippen LogP contribution in [0.1, 0.15) is 16.1 Å². The van der Waals surface area contributed by atoms with Crippen molar-refractivity contribution in [3.63, 3.8) is 0 Å². The van der Waals surface area contributed by atoms with E-state index in [4.69, 9.17) is 9.15 Å². The highest BCUT2D eigenvalue weighted by Crippen LogP contribution is 2.23. The van der Waals surface area contributed by atoms with Gasteiger partial charge in [-0.1, -0.05) is 18.2 Å². The second-order valence-electron chi connectivity index (χ2n) is 6.79. The molecular weight excluding hydrogens is 412 g/mol. The van der Waals surface area contributed by atoms with Gasteiger partial charge in [0.25, 0.3) is 5.91 Å². The van der Waals surface area contributed by atoms with Crippen molar-refractivity contribution in [3.05, 3.63) is 84.6 Å². The van der Waals surface area contributed by atoms with E-state index in [0.717, 1.165) is 0 Å². The third-order valence-corrected chi connectivity index (χ3v) is 4.64. The van der Waals surface area contributed by atoms with Gasteiger partial charge in [0.1, 0.15) is 24.4 Å². The lowest BCUT2D eigenvalue weighted by Crippen LogP contribution is -2.37. The van der Waals surface area contributed by atoms with Crippen LogP contribution in [0.15, 0.2) is 77.7 Å². The molecular formula is C22H20N6O4. The van der Waals surface area contributed by atoms with Gasteiger partial charge in [-0.15, -0.1) is 5.10 Å². The van der Waals surface area contributed by atoms with Crippen LogP contribution in [0.3, 0.4) is 0 Å². The molecule has 0 aliphatic carbocycles. The number of amides is 2. The SMILES string of the molecule is COc1ccccc1NC(=O)CN(Cc1ccco1)C(=O)c1cccc(-n2cnnn2)c1. The first kappa shape index (κ1) is 20.8. The van der Waals surface area contributed by atoms with Crippen LogP contribution in [0.25, 0.3) is 5.69 Å². The van der Waals surface area contributed by atoms with Crippen molar-refractivity contribution < 1.29 is 18.7 Å². The maximum Gasteiger partial charge on any atom is 0.254 e. The Balaban J connectivity index is 1.56. The number of hydrogen-bond acceptors (Lipinski definition) is 7. The van der Waals surface area contributed by atoms with Gasteiger partial charge in [-0.25, -0.2) is 4.68 Å². The van der Waals surface area contributed by atoms with Crippen LogP contribution in [0, 0.1) is 0 Å². The summed E-state index contributed by atoms with van der Waals surface area (Å²) in [7, 11) is 1.52. The van der Waals surface area contributed by atoms with Crippen molar-refractivity contribution in [2.45, 2.75) is 6.54 Å². The smallest absolute Gasteiger partial charge is 0.254 e. The van der Waals surface area contributed by atoms with Crippen molar-refractivity contribution in [1.29, 1.82) is 0 Å². The lowest BCUT2D eigenvalue weighted by molar-refractivity contribution is -0.117. The van der Waals surface area contributed by atoms with Crippen LogP contribution in [0.4, 0.5) is 5.69 Å². The normalized spacial score (nSPS) is 10.5. The third kappa shape index (κ3) is 4.81. The molecule has 0 saturated carbocycles. The molecule has 2 amide bonds. The number of furan rings is 1. The molecule has 10 nitrogen and oxygen atoms in total. The Morgan fingerprint density at radius 3 is 2.75 bits per heavy atom. The molecule has 2 aromatic heterocycles. The molecule has 0 aliphatic rings. The summed E-state index contributed by atoms with van der Waals surface area (Å²) < 4.78 is 12.1. The predicted octanol–water partition coefficient (Wildman–Crippen LogP) is 2.55. The summed E-state index contributed by atoms with van der Waals surface area (Å²) >= 11 is 0. The summed E-state index contributed by atoms with van der Waals surface area (Å²) in [6.45, 7) is -0.0625. The molecule has 2 aromatic carbocycles. The quantitative estimate of drug-likeness (QED) is 0.455. The summed E-state index contributed by atoms with van der Waals surface area (Å²) in [5, 5.41) is 13.9. The van der Waals surface area contributed by atoms with Gasteiger partial charge in [0, 0.05) is 5.56 Å². The summed E-state index contributed by atoms with van der Waals surface area (Å²) in [6, 6.07) is 17.4. The summed E-state index contributed by atoms with van der Waals surface area (Å²) in [5.74, 6) is 0.372. The molecule has 0 fully saturated rings. The lowest BCUT2D eigenvalue weighted by atomic mass is 10.1. The highest BCUT2D eigenvalue weighted by Gasteiger charge is 2.21. The minimum Gasteiger partial charge on any atom is -0.495 e. The Hall–Kier alpha value is -4.47. The van der Waals surface area contributed by atoms with E-state index in [1.807, 2.05) is 0 Å². The maximum atomic E-state index is 13.3. The zero-order chi connectivity index (χ0) is 22.3. The van der Waals surface area contributed by atoms with Crippen molar-refractivity contribution in [1.82, 2.24) is 25.1 Å². The summed E-state index contributed by atoms with van der Waals surface area (Å²) in [5.41, 5.74) is 1.53. The summed E-state index contributed by atoms with van der Waals surface area (Å²) in [4.78, 5) is 27.5. The van der Waals surface area contributed by atoms with Gasteiger partial charge in [0.2, 0.25) is 5.91 Å². The molecule has 0 unspecified atom stereocenters. The first-order valence-corrected chi connectivity index (χ1v) is 9.72. The van der Waals surface area contributed by atoms with Crippen LogP contribution in [0.2, 0.25) is 0 Å². The average Bonchev–Trinajstić information content (AvgIpc) is 3.53. The van der Waals surface area contributed by atoms with Crippen molar-refractivity contribution in [2.24, 2.45) is 0 Å². The molecule has 4 aromatic rings. The largest absolute Gasteiger partial charge is 0.495 e. The minimum atomic E-state index is -0.369. The van der Waals surface area contributed by atoms with E-state index in [1.165, 1.54) is 29.3 Å². The summed E-state index contributed by atoms with van der Waals surface area (Å²) in [6.07, 6.45) is 2.95. The highest BCUT2D eigenvalue weighted by atomic mass is 16.5. The van der Waals surface area contributed by atoms with E-state index in [2.05, 4.69) is 20.8 Å². The standard InChI is InChI=1S/C22H20N6O4/c1-31-20-10-3-2-9-19(20)24-21(29)14-27(13-18-8-5-11-32-18)22(30)16-6-4-7-17(12-16)28-15-23-25-26-28/h2-12,15H,13-14H2,1H3,(H,24,29). The number of carbonyl (C=O) groups is 2. The molecule has 0 spiro atoms. The van der Waals surface area contributed by atoms with Gasteiger partial charge < -0.3 is 19.4 Å². The monoisotopic (exact) mass is 432 g/mol. The fourth-order valence-corrected chi connectivity index (χ4v) is 3.14. The van der Waals surface area contributed by atoms with Gasteiger partial charge in [0.15, 0.2) is 0 Å². The Kier molecular flexibility index (Phi) is 6.21. The molecule has 32 heavy (non-hydrogen) atoms. The predicted molar refractivity (Wildman–Crippen MR) is 114 cm³/mol. The number of ether oxygens (including phenoxy) is 1. The van der Waals surface area contributed by atoms with Crippen LogP contribution >= 0.6 is 0 Å². The van der Waals surface area contributed by atoms with Crippen LogP contribution in [-0.4, -0.2) is 50.6 Å². The first-order chi connectivity index (χ1) is 15.6. The number of para-hydroxylation sites is 2. The number of anilines is 1. The van der Waals surface area contributed by atoms with E-state index in [9.17, 15) is 9.59 Å². The fraction of sp³-hybridized carbons (Fsp3) is 0.136. The molecule has 0 bridgehead atoms. The van der Waals surface area contributed by atoms with Gasteiger partial charge in [-0.05, 0) is 52.9 Å². The lowest BCUT2D eigenvalue weighted by Gasteiger charge is -2.22. The van der Waals surface area contributed by atoms with Gasteiger partial charge >= 0.3 is 0 Å². The molecule has 0 saturated heterocycles. The molecule has 162 valence electrons. The molecule has 0 aliphatic heterocycles. The molecule has 0 atom stereocenters. The number of carbonyl (C=O) groups excluding carboxylic acids is 2. The Labute approximate surface area is 183 Å². The number of rotatable bonds is 8. The second kappa shape index (κ2) is 9.56. The topological polar surface area (TPSA) is 115 Å². The Morgan fingerprint density at radius 1 is 1.12 bits per heavy atom. The fourth-order valence-electron chi connectivity index (χ4n) is 3.14. The Morgan fingerprint density at radius 2 is 2.00 bits per heavy atom. The molecule has 0 radical (unpaired) electrons. The number of benzene rings is 2. The number of tetrazole rings is 1. The second-order valence-corrected chi connectivity index (χ2v) is 6.79. The van der Waals surface area contributed by atoms with E-state index >= 15 is 0 Å². The van der Waals surface area contributed by atoms with Crippen molar-refractivity contribution >= 4 is 17.5 Å². The highest BCUT2D eigenvalue weighted by molar-refractivity contribution is 6.00. The molecule has 10 heteroatoms. The van der Waals surface area contributed by atoms with E-state index < -0.39 is 0 Å². The zero-order valence-corrected chi connectivity index (χ0v) is 17.2. The molecule has 1 N–H and O–H groups in total. The van der Waals surface area contributed by atoms with Gasteiger partial charge in [-0.2, -0.15) is 0 Å². The number of nitrogens with zero attached hydrogens (tertiary/aromatic N) is 5. The van der Waals surface area contributed by atoms with Crippen molar-refractivity contribution in [3.8, 4) is 11.4 Å². The van der Waals surface area contributed by atoms with Crippen LogP contribution in [0.5, 0.6) is 5.75 Å². The maximum absolute atomic E-state index is 13.3. The Bertz CT molecular complexity index is 1190. The van der Waals surface area contributed by atoms with Crippen molar-refractivity contribution in [2.75, 3.05) is 19.0 Å². The van der Waals surface area contributed by atoms with E-state index in [0.29, 0.717) is 28.4 Å².